The molecule has 7 nitrogen and oxygen atoms in total. The highest BCUT2D eigenvalue weighted by molar-refractivity contribution is 7.88. The molecule has 9 heteroatoms. The van der Waals surface area contributed by atoms with Gasteiger partial charge in [-0.1, -0.05) is 23.7 Å². The van der Waals surface area contributed by atoms with Crippen molar-refractivity contribution in [2.45, 2.75) is 11.8 Å². The topological polar surface area (TPSA) is 75.0 Å². The number of ether oxygens (including phenoxy) is 1. The van der Waals surface area contributed by atoms with Gasteiger partial charge in [0, 0.05) is 43.4 Å². The lowest BCUT2D eigenvalue weighted by Crippen LogP contribution is -2.49. The third-order valence-electron chi connectivity index (χ3n) is 5.83. The molecule has 1 atom stereocenters. The van der Waals surface area contributed by atoms with Crippen LogP contribution in [-0.2, 0) is 15.8 Å². The molecular formula is C24H28ClN3O4S. The fraction of sp³-hybridized carbons (Fsp3) is 0.333. The summed E-state index contributed by atoms with van der Waals surface area (Å²) in [5.41, 5.74) is 1.84. The van der Waals surface area contributed by atoms with Crippen molar-refractivity contribution in [3.05, 3.63) is 83.3 Å². The smallest absolute Gasteiger partial charge is 0.215 e. The zero-order valence-electron chi connectivity index (χ0n) is 18.5. The van der Waals surface area contributed by atoms with Crippen LogP contribution < -0.4 is 14.4 Å². The Balaban J connectivity index is 1.39. The molecule has 1 N–H and O–H groups in total. The zero-order valence-corrected chi connectivity index (χ0v) is 20.1. The molecule has 0 bridgehead atoms. The van der Waals surface area contributed by atoms with Gasteiger partial charge in [0.15, 0.2) is 0 Å². The molecule has 3 aromatic rings. The molecule has 0 spiro atoms. The lowest BCUT2D eigenvalue weighted by Gasteiger charge is -2.39. The van der Waals surface area contributed by atoms with Crippen molar-refractivity contribution in [1.82, 2.24) is 9.62 Å². The van der Waals surface area contributed by atoms with Gasteiger partial charge in [0.1, 0.15) is 11.5 Å². The Kier molecular flexibility index (Phi) is 7.60. The van der Waals surface area contributed by atoms with Crippen molar-refractivity contribution in [2.75, 3.05) is 44.7 Å². The van der Waals surface area contributed by atoms with Gasteiger partial charge in [-0.3, -0.25) is 4.90 Å². The lowest BCUT2D eigenvalue weighted by molar-refractivity contribution is 0.166. The van der Waals surface area contributed by atoms with Gasteiger partial charge in [-0.25, -0.2) is 13.1 Å². The number of sulfonamides is 1. The van der Waals surface area contributed by atoms with Crippen LogP contribution in [-0.4, -0.2) is 53.2 Å². The first-order valence-corrected chi connectivity index (χ1v) is 12.8. The van der Waals surface area contributed by atoms with Crippen LogP contribution in [0.1, 0.15) is 17.4 Å². The van der Waals surface area contributed by atoms with Gasteiger partial charge in [-0.05, 0) is 54.1 Å². The van der Waals surface area contributed by atoms with Gasteiger partial charge in [-0.2, -0.15) is 0 Å². The van der Waals surface area contributed by atoms with Crippen molar-refractivity contribution < 1.29 is 17.6 Å². The molecule has 1 aromatic heterocycles. The molecule has 0 amide bonds. The second kappa shape index (κ2) is 10.6. The third-order valence-corrected chi connectivity index (χ3v) is 7.40. The maximum atomic E-state index is 12.7. The summed E-state index contributed by atoms with van der Waals surface area (Å²) in [5, 5.41) is 0.579. The minimum Gasteiger partial charge on any atom is -0.497 e. The fourth-order valence-electron chi connectivity index (χ4n) is 4.03. The van der Waals surface area contributed by atoms with E-state index in [1.807, 2.05) is 24.3 Å². The number of anilines is 1. The molecular weight excluding hydrogens is 462 g/mol. The summed E-state index contributed by atoms with van der Waals surface area (Å²) >= 11 is 5.90. The highest BCUT2D eigenvalue weighted by Crippen LogP contribution is 2.26. The Morgan fingerprint density at radius 2 is 1.73 bits per heavy atom. The number of halogens is 1. The fourth-order valence-corrected chi connectivity index (χ4v) is 5.30. The number of rotatable bonds is 9. The highest BCUT2D eigenvalue weighted by Gasteiger charge is 2.28. The van der Waals surface area contributed by atoms with E-state index < -0.39 is 10.0 Å². The summed E-state index contributed by atoms with van der Waals surface area (Å²) in [6.45, 7) is 3.49. The van der Waals surface area contributed by atoms with E-state index in [-0.39, 0.29) is 18.3 Å². The first-order chi connectivity index (χ1) is 15.9. The third kappa shape index (κ3) is 6.29. The van der Waals surface area contributed by atoms with E-state index in [1.165, 1.54) is 0 Å². The number of methoxy groups -OCH3 is 1. The highest BCUT2D eigenvalue weighted by atomic mass is 35.5. The Morgan fingerprint density at radius 3 is 2.33 bits per heavy atom. The number of piperazine rings is 1. The summed E-state index contributed by atoms with van der Waals surface area (Å²) in [4.78, 5) is 4.59. The molecule has 1 fully saturated rings. The average molecular weight is 490 g/mol. The SMILES string of the molecule is COc1ccc(N2CCN(C(CNS(=O)(=O)Cc3ccc(Cl)cc3)c3ccco3)CC2)cc1. The number of nitrogens with zero attached hydrogens (tertiary/aromatic N) is 2. The van der Waals surface area contributed by atoms with Crippen LogP contribution in [0.25, 0.3) is 0 Å². The number of nitrogens with one attached hydrogen (secondary N) is 1. The van der Waals surface area contributed by atoms with Crippen molar-refractivity contribution in [2.24, 2.45) is 0 Å². The summed E-state index contributed by atoms with van der Waals surface area (Å²) in [6.07, 6.45) is 1.62. The van der Waals surface area contributed by atoms with Gasteiger partial charge in [0.05, 0.1) is 25.2 Å². The first kappa shape index (κ1) is 23.6. The molecule has 0 aliphatic carbocycles. The minimum atomic E-state index is -3.52. The van der Waals surface area contributed by atoms with Crippen LogP contribution in [0.5, 0.6) is 5.75 Å². The van der Waals surface area contributed by atoms with Gasteiger partial charge >= 0.3 is 0 Å². The zero-order chi connectivity index (χ0) is 23.3. The van der Waals surface area contributed by atoms with Gasteiger partial charge in [0.2, 0.25) is 10.0 Å². The number of benzene rings is 2. The predicted octanol–water partition coefficient (Wildman–Crippen LogP) is 3.92. The number of hydrogen-bond acceptors (Lipinski definition) is 6. The molecule has 1 saturated heterocycles. The van der Waals surface area contributed by atoms with E-state index in [0.717, 1.165) is 43.4 Å². The van der Waals surface area contributed by atoms with E-state index in [2.05, 4.69) is 26.7 Å². The predicted molar refractivity (Wildman–Crippen MR) is 130 cm³/mol. The molecule has 1 unspecified atom stereocenters. The van der Waals surface area contributed by atoms with Crippen molar-refractivity contribution in [3.63, 3.8) is 0 Å². The maximum Gasteiger partial charge on any atom is 0.215 e. The van der Waals surface area contributed by atoms with Crippen LogP contribution in [0.4, 0.5) is 5.69 Å². The largest absolute Gasteiger partial charge is 0.497 e. The maximum absolute atomic E-state index is 12.7. The van der Waals surface area contributed by atoms with Crippen molar-refractivity contribution in [3.8, 4) is 5.75 Å². The van der Waals surface area contributed by atoms with Crippen LogP contribution in [0.15, 0.2) is 71.3 Å². The van der Waals surface area contributed by atoms with Crippen molar-refractivity contribution >= 4 is 27.3 Å². The van der Waals surface area contributed by atoms with Crippen LogP contribution in [0.2, 0.25) is 5.02 Å². The Bertz CT molecular complexity index is 1110. The summed E-state index contributed by atoms with van der Waals surface area (Å²) in [5.74, 6) is 1.49. The number of furan rings is 1. The van der Waals surface area contributed by atoms with E-state index in [0.29, 0.717) is 10.6 Å². The number of hydrogen-bond donors (Lipinski definition) is 1. The Hall–Kier alpha value is -2.52. The molecule has 4 rings (SSSR count). The monoisotopic (exact) mass is 489 g/mol. The quantitative estimate of drug-likeness (QED) is 0.491. The van der Waals surface area contributed by atoms with E-state index >= 15 is 0 Å². The average Bonchev–Trinajstić information content (AvgIpc) is 3.36. The molecule has 0 saturated carbocycles. The van der Waals surface area contributed by atoms with Crippen LogP contribution in [0, 0.1) is 0 Å². The standard InChI is InChI=1S/C24H28ClN3O4S/c1-31-22-10-8-21(9-11-22)27-12-14-28(15-13-27)23(24-3-2-16-32-24)17-26-33(29,30)18-19-4-6-20(25)7-5-19/h2-11,16,23,26H,12-15,17-18H2,1H3. The minimum absolute atomic E-state index is 0.0969. The van der Waals surface area contributed by atoms with Crippen molar-refractivity contribution in [1.29, 1.82) is 0 Å². The molecule has 2 heterocycles. The second-order valence-electron chi connectivity index (χ2n) is 7.99. The lowest BCUT2D eigenvalue weighted by atomic mass is 10.1. The summed E-state index contributed by atoms with van der Waals surface area (Å²) < 4.78 is 39.1. The van der Waals surface area contributed by atoms with Gasteiger partial charge in [-0.15, -0.1) is 0 Å². The molecule has 176 valence electrons. The van der Waals surface area contributed by atoms with Crippen LogP contribution in [0.3, 0.4) is 0 Å². The van der Waals surface area contributed by atoms with E-state index in [9.17, 15) is 8.42 Å². The Labute approximate surface area is 200 Å². The first-order valence-electron chi connectivity index (χ1n) is 10.8. The molecule has 33 heavy (non-hydrogen) atoms. The summed E-state index contributed by atoms with van der Waals surface area (Å²) in [7, 11) is -1.86. The van der Waals surface area contributed by atoms with Gasteiger partial charge in [0.25, 0.3) is 0 Å². The molecule has 1 aliphatic heterocycles. The summed E-state index contributed by atoms with van der Waals surface area (Å²) in [6, 6.07) is 18.4. The van der Waals surface area contributed by atoms with Crippen LogP contribution >= 0.6 is 11.6 Å². The molecule has 0 radical (unpaired) electrons. The van der Waals surface area contributed by atoms with E-state index in [4.69, 9.17) is 20.8 Å². The normalized spacial score (nSPS) is 16.0. The molecule has 2 aromatic carbocycles. The second-order valence-corrected chi connectivity index (χ2v) is 10.2. The molecule has 1 aliphatic rings. The Morgan fingerprint density at radius 1 is 1.03 bits per heavy atom. The van der Waals surface area contributed by atoms with E-state index in [1.54, 1.807) is 37.6 Å². The van der Waals surface area contributed by atoms with Gasteiger partial charge < -0.3 is 14.1 Å².